The van der Waals surface area contributed by atoms with Crippen molar-refractivity contribution >= 4 is 12.1 Å². The van der Waals surface area contributed by atoms with E-state index < -0.39 is 0 Å². The van der Waals surface area contributed by atoms with Gasteiger partial charge in [0.1, 0.15) is 11.6 Å². The lowest BCUT2D eigenvalue weighted by Crippen LogP contribution is -2.26. The molecule has 2 aromatic rings. The molecule has 1 aliphatic rings. The van der Waals surface area contributed by atoms with Crippen LogP contribution in [-0.4, -0.2) is 17.3 Å². The van der Waals surface area contributed by atoms with E-state index in [0.29, 0.717) is 18.2 Å². The Hall–Kier alpha value is -2.10. The number of nitrogens with zero attached hydrogens (tertiary/aromatic N) is 2. The van der Waals surface area contributed by atoms with Crippen molar-refractivity contribution in [1.29, 1.82) is 0 Å². The maximum Gasteiger partial charge on any atom is 0.153 e. The third-order valence-electron chi connectivity index (χ3n) is 3.11. The topological polar surface area (TPSA) is 46.3 Å². The van der Waals surface area contributed by atoms with E-state index in [4.69, 9.17) is 4.42 Å². The Morgan fingerprint density at radius 3 is 2.94 bits per heavy atom. The van der Waals surface area contributed by atoms with E-state index >= 15 is 0 Å². The molecule has 1 saturated carbocycles. The molecule has 1 fully saturated rings. The van der Waals surface area contributed by atoms with Gasteiger partial charge in [-0.3, -0.25) is 4.79 Å². The fourth-order valence-electron chi connectivity index (χ4n) is 2.07. The number of aldehydes is 1. The number of hydrogen-bond acceptors (Lipinski definition) is 4. The second-order valence-corrected chi connectivity index (χ2v) is 4.47. The molecule has 1 aliphatic carbocycles. The van der Waals surface area contributed by atoms with E-state index in [1.807, 2.05) is 12.1 Å². The summed E-state index contributed by atoms with van der Waals surface area (Å²) in [5.41, 5.74) is 0.635. The number of anilines is 1. The van der Waals surface area contributed by atoms with Gasteiger partial charge in [-0.2, -0.15) is 0 Å². The maximum absolute atomic E-state index is 11.1. The lowest BCUT2D eigenvalue weighted by Gasteiger charge is -2.23. The largest absolute Gasteiger partial charge is 0.467 e. The van der Waals surface area contributed by atoms with E-state index in [0.717, 1.165) is 30.7 Å². The van der Waals surface area contributed by atoms with E-state index in [9.17, 15) is 4.79 Å². The van der Waals surface area contributed by atoms with Crippen molar-refractivity contribution < 1.29 is 9.21 Å². The molecule has 0 bridgehead atoms. The van der Waals surface area contributed by atoms with Gasteiger partial charge in [-0.1, -0.05) is 0 Å². The highest BCUT2D eigenvalue weighted by Crippen LogP contribution is 2.33. The van der Waals surface area contributed by atoms with E-state index in [1.165, 1.54) is 0 Å². The molecule has 0 N–H and O–H groups in total. The van der Waals surface area contributed by atoms with Gasteiger partial charge in [-0.25, -0.2) is 4.98 Å². The van der Waals surface area contributed by atoms with Crippen molar-refractivity contribution in [2.45, 2.75) is 25.4 Å². The van der Waals surface area contributed by atoms with Gasteiger partial charge >= 0.3 is 0 Å². The number of furan rings is 1. The Morgan fingerprint density at radius 2 is 2.28 bits per heavy atom. The molecule has 4 heteroatoms. The van der Waals surface area contributed by atoms with Gasteiger partial charge in [0.25, 0.3) is 0 Å². The van der Waals surface area contributed by atoms with Crippen LogP contribution in [0.5, 0.6) is 0 Å². The van der Waals surface area contributed by atoms with Crippen LogP contribution in [0.2, 0.25) is 0 Å². The fraction of sp³-hybridized carbons (Fsp3) is 0.286. The summed E-state index contributed by atoms with van der Waals surface area (Å²) in [6.07, 6.45) is 6.55. The normalized spacial score (nSPS) is 14.4. The van der Waals surface area contributed by atoms with Crippen molar-refractivity contribution in [1.82, 2.24) is 4.98 Å². The summed E-state index contributed by atoms with van der Waals surface area (Å²) < 4.78 is 5.38. The molecule has 0 radical (unpaired) electrons. The van der Waals surface area contributed by atoms with Crippen LogP contribution in [0.15, 0.2) is 41.1 Å². The molecular weight excluding hydrogens is 228 g/mol. The lowest BCUT2D eigenvalue weighted by atomic mass is 10.2. The maximum atomic E-state index is 11.1. The first-order chi connectivity index (χ1) is 8.88. The van der Waals surface area contributed by atoms with Crippen molar-refractivity contribution in [3.05, 3.63) is 48.0 Å². The third-order valence-corrected chi connectivity index (χ3v) is 3.11. The second kappa shape index (κ2) is 4.64. The minimum atomic E-state index is 0.476. The number of aromatic nitrogens is 1. The Bertz CT molecular complexity index is 532. The molecule has 4 nitrogen and oxygen atoms in total. The Morgan fingerprint density at radius 1 is 1.39 bits per heavy atom. The van der Waals surface area contributed by atoms with Gasteiger partial charge in [0, 0.05) is 12.2 Å². The zero-order valence-corrected chi connectivity index (χ0v) is 9.95. The monoisotopic (exact) mass is 242 g/mol. The Kier molecular flexibility index (Phi) is 2.84. The zero-order chi connectivity index (χ0) is 12.4. The van der Waals surface area contributed by atoms with E-state index in [-0.39, 0.29) is 0 Å². The van der Waals surface area contributed by atoms with Gasteiger partial charge < -0.3 is 9.32 Å². The quantitative estimate of drug-likeness (QED) is 0.756. The van der Waals surface area contributed by atoms with Crippen molar-refractivity contribution in [2.75, 3.05) is 4.90 Å². The van der Waals surface area contributed by atoms with Crippen LogP contribution in [0.3, 0.4) is 0 Å². The van der Waals surface area contributed by atoms with Crippen LogP contribution < -0.4 is 4.90 Å². The van der Waals surface area contributed by atoms with Crippen LogP contribution in [0, 0.1) is 0 Å². The number of carbonyl (C=O) groups is 1. The predicted molar refractivity (Wildman–Crippen MR) is 67.5 cm³/mol. The summed E-state index contributed by atoms with van der Waals surface area (Å²) in [7, 11) is 0. The Balaban J connectivity index is 1.91. The molecule has 0 amide bonds. The van der Waals surface area contributed by atoms with Gasteiger partial charge in [0.05, 0.1) is 18.4 Å². The summed E-state index contributed by atoms with van der Waals surface area (Å²) >= 11 is 0. The molecule has 0 aliphatic heterocycles. The standard InChI is InChI=1S/C14H14N2O2/c17-10-11-3-1-7-15-14(11)16(12-5-6-12)9-13-4-2-8-18-13/h1-4,7-8,10,12H,5-6,9H2. The zero-order valence-electron chi connectivity index (χ0n) is 9.95. The van der Waals surface area contributed by atoms with Crippen LogP contribution in [0.25, 0.3) is 0 Å². The minimum absolute atomic E-state index is 0.476. The molecule has 0 spiro atoms. The minimum Gasteiger partial charge on any atom is -0.467 e. The summed E-state index contributed by atoms with van der Waals surface area (Å²) in [5, 5.41) is 0. The van der Waals surface area contributed by atoms with Crippen LogP contribution in [0.4, 0.5) is 5.82 Å². The molecule has 0 unspecified atom stereocenters. The van der Waals surface area contributed by atoms with E-state index in [1.54, 1.807) is 24.6 Å². The smallest absolute Gasteiger partial charge is 0.153 e. The molecule has 2 heterocycles. The third kappa shape index (κ3) is 2.14. The molecule has 18 heavy (non-hydrogen) atoms. The molecule has 0 aromatic carbocycles. The lowest BCUT2D eigenvalue weighted by molar-refractivity contribution is 0.112. The molecule has 92 valence electrons. The SMILES string of the molecule is O=Cc1cccnc1N(Cc1ccco1)C1CC1. The first-order valence-electron chi connectivity index (χ1n) is 6.07. The molecule has 2 aromatic heterocycles. The Labute approximate surface area is 105 Å². The summed E-state index contributed by atoms with van der Waals surface area (Å²) in [6.45, 7) is 0.662. The van der Waals surface area contributed by atoms with Crippen LogP contribution >= 0.6 is 0 Å². The molecule has 3 rings (SSSR count). The average molecular weight is 242 g/mol. The molecular formula is C14H14N2O2. The highest BCUT2D eigenvalue weighted by molar-refractivity contribution is 5.82. The van der Waals surface area contributed by atoms with E-state index in [2.05, 4.69) is 9.88 Å². The van der Waals surface area contributed by atoms with Crippen LogP contribution in [-0.2, 0) is 6.54 Å². The molecule has 0 atom stereocenters. The summed E-state index contributed by atoms with van der Waals surface area (Å²) in [4.78, 5) is 17.6. The van der Waals surface area contributed by atoms with Crippen molar-refractivity contribution in [3.8, 4) is 0 Å². The fourth-order valence-corrected chi connectivity index (χ4v) is 2.07. The van der Waals surface area contributed by atoms with Crippen LogP contribution in [0.1, 0.15) is 29.0 Å². The average Bonchev–Trinajstić information content (AvgIpc) is 3.13. The number of hydrogen-bond donors (Lipinski definition) is 0. The highest BCUT2D eigenvalue weighted by Gasteiger charge is 2.31. The second-order valence-electron chi connectivity index (χ2n) is 4.47. The van der Waals surface area contributed by atoms with Crippen molar-refractivity contribution in [2.24, 2.45) is 0 Å². The number of rotatable bonds is 5. The van der Waals surface area contributed by atoms with Gasteiger partial charge in [-0.15, -0.1) is 0 Å². The number of carbonyl (C=O) groups excluding carboxylic acids is 1. The first kappa shape index (κ1) is 11.0. The highest BCUT2D eigenvalue weighted by atomic mass is 16.3. The summed E-state index contributed by atoms with van der Waals surface area (Å²) in [5.74, 6) is 1.65. The van der Waals surface area contributed by atoms with Crippen molar-refractivity contribution in [3.63, 3.8) is 0 Å². The summed E-state index contributed by atoms with van der Waals surface area (Å²) in [6, 6.07) is 7.87. The predicted octanol–water partition coefficient (Wildman–Crippen LogP) is 2.66. The van der Waals surface area contributed by atoms with Gasteiger partial charge in [0.15, 0.2) is 6.29 Å². The first-order valence-corrected chi connectivity index (χ1v) is 6.07. The van der Waals surface area contributed by atoms with Gasteiger partial charge in [0.2, 0.25) is 0 Å². The van der Waals surface area contributed by atoms with Gasteiger partial charge in [-0.05, 0) is 37.1 Å². The number of pyridine rings is 1. The molecule has 0 saturated heterocycles.